The molecule has 8 heteroatoms. The van der Waals surface area contributed by atoms with Gasteiger partial charge in [0.2, 0.25) is 5.88 Å². The molecule has 8 nitrogen and oxygen atoms in total. The van der Waals surface area contributed by atoms with Crippen molar-refractivity contribution in [1.29, 1.82) is 0 Å². The number of nitrogens with one attached hydrogen (secondary N) is 1. The van der Waals surface area contributed by atoms with Gasteiger partial charge in [-0.2, -0.15) is 0 Å². The molecule has 0 saturated carbocycles. The molecule has 0 spiro atoms. The Kier molecular flexibility index (Phi) is 5.27. The minimum atomic E-state index is -0.626. The van der Waals surface area contributed by atoms with Crippen molar-refractivity contribution >= 4 is 23.2 Å². The third-order valence-corrected chi connectivity index (χ3v) is 3.96. The Hall–Kier alpha value is -2.90. The van der Waals surface area contributed by atoms with Crippen molar-refractivity contribution in [1.82, 2.24) is 15.0 Å². The van der Waals surface area contributed by atoms with Crippen LogP contribution in [0.4, 0.5) is 17.3 Å². The molecule has 0 atom stereocenters. The van der Waals surface area contributed by atoms with Crippen LogP contribution in [-0.4, -0.2) is 40.6 Å². The van der Waals surface area contributed by atoms with Gasteiger partial charge in [0.25, 0.3) is 5.91 Å². The maximum absolute atomic E-state index is 11.7. The van der Waals surface area contributed by atoms with E-state index in [9.17, 15) is 4.79 Å². The lowest BCUT2D eigenvalue weighted by atomic mass is 10.1. The molecule has 0 aromatic carbocycles. The largest absolute Gasteiger partial charge is 0.478 e. The normalized spacial score (nSPS) is 14.2. The van der Waals surface area contributed by atoms with Gasteiger partial charge in [-0.15, -0.1) is 0 Å². The van der Waals surface area contributed by atoms with Crippen molar-refractivity contribution in [3.05, 3.63) is 30.2 Å². The smallest absolute Gasteiger partial charge is 0.271 e. The highest BCUT2D eigenvalue weighted by Gasteiger charge is 2.18. The average molecular weight is 342 g/mol. The summed E-state index contributed by atoms with van der Waals surface area (Å²) in [7, 11) is 0. The fourth-order valence-corrected chi connectivity index (χ4v) is 2.75. The Labute approximate surface area is 146 Å². The van der Waals surface area contributed by atoms with Crippen molar-refractivity contribution in [3.8, 4) is 5.88 Å². The van der Waals surface area contributed by atoms with Crippen LogP contribution >= 0.6 is 0 Å². The van der Waals surface area contributed by atoms with Gasteiger partial charge in [-0.05, 0) is 32.3 Å². The van der Waals surface area contributed by atoms with Gasteiger partial charge in [0.1, 0.15) is 5.82 Å². The van der Waals surface area contributed by atoms with E-state index in [0.717, 1.165) is 31.7 Å². The summed E-state index contributed by atoms with van der Waals surface area (Å²) in [4.78, 5) is 26.8. The second kappa shape index (κ2) is 7.78. The SMILES string of the molecule is CCOc1ccc(Nc2nc(N3CCCCC3)cnc2C(N)=O)cn1. The molecule has 132 valence electrons. The van der Waals surface area contributed by atoms with Gasteiger partial charge < -0.3 is 20.7 Å². The first kappa shape index (κ1) is 16.9. The van der Waals surface area contributed by atoms with Crippen LogP contribution in [0, 0.1) is 0 Å². The number of nitrogens with zero attached hydrogens (tertiary/aromatic N) is 4. The number of hydrogen-bond donors (Lipinski definition) is 2. The molecule has 0 unspecified atom stereocenters. The fraction of sp³-hybridized carbons (Fsp3) is 0.412. The van der Waals surface area contributed by atoms with Crippen LogP contribution in [0.15, 0.2) is 24.5 Å². The zero-order valence-electron chi connectivity index (χ0n) is 14.2. The summed E-state index contributed by atoms with van der Waals surface area (Å²) in [6.45, 7) is 4.33. The Balaban J connectivity index is 1.85. The second-order valence-electron chi connectivity index (χ2n) is 5.78. The molecular formula is C17H22N6O2. The van der Waals surface area contributed by atoms with E-state index in [1.807, 2.05) is 6.92 Å². The van der Waals surface area contributed by atoms with Gasteiger partial charge in [-0.1, -0.05) is 0 Å². The number of rotatable bonds is 6. The standard InChI is InChI=1S/C17H22N6O2/c1-2-25-14-7-6-12(10-19-14)21-17-15(16(18)24)20-11-13(22-17)23-8-4-3-5-9-23/h6-7,10-11H,2-5,8-9H2,1H3,(H2,18,24)(H,21,22). The van der Waals surface area contributed by atoms with Gasteiger partial charge in [0, 0.05) is 19.2 Å². The third kappa shape index (κ3) is 4.14. The molecule has 1 amide bonds. The number of carbonyl (C=O) groups is 1. The lowest BCUT2D eigenvalue weighted by molar-refractivity contribution is 0.0996. The molecule has 1 fully saturated rings. The van der Waals surface area contributed by atoms with E-state index in [0.29, 0.717) is 24.0 Å². The summed E-state index contributed by atoms with van der Waals surface area (Å²) < 4.78 is 5.32. The number of amides is 1. The number of nitrogens with two attached hydrogens (primary N) is 1. The van der Waals surface area contributed by atoms with E-state index >= 15 is 0 Å². The quantitative estimate of drug-likeness (QED) is 0.828. The van der Waals surface area contributed by atoms with Gasteiger partial charge in [-0.25, -0.2) is 15.0 Å². The summed E-state index contributed by atoms with van der Waals surface area (Å²) >= 11 is 0. The predicted octanol–water partition coefficient (Wildman–Crippen LogP) is 2.10. The number of primary amides is 1. The van der Waals surface area contributed by atoms with Crippen LogP contribution in [0.5, 0.6) is 5.88 Å². The molecular weight excluding hydrogens is 320 g/mol. The Morgan fingerprint density at radius 2 is 2.04 bits per heavy atom. The first-order valence-corrected chi connectivity index (χ1v) is 8.45. The zero-order valence-corrected chi connectivity index (χ0v) is 14.2. The highest BCUT2D eigenvalue weighted by molar-refractivity contribution is 5.96. The topological polar surface area (TPSA) is 106 Å². The summed E-state index contributed by atoms with van der Waals surface area (Å²) in [5.74, 6) is 0.989. The molecule has 0 bridgehead atoms. The summed E-state index contributed by atoms with van der Waals surface area (Å²) in [5, 5.41) is 3.08. The number of piperidine rings is 1. The predicted molar refractivity (Wildman–Crippen MR) is 95.3 cm³/mol. The number of anilines is 3. The molecule has 3 N–H and O–H groups in total. The van der Waals surface area contributed by atoms with Crippen molar-refractivity contribution < 1.29 is 9.53 Å². The maximum Gasteiger partial charge on any atom is 0.271 e. The van der Waals surface area contributed by atoms with E-state index < -0.39 is 5.91 Å². The van der Waals surface area contributed by atoms with Crippen LogP contribution in [0.1, 0.15) is 36.7 Å². The lowest BCUT2D eigenvalue weighted by Crippen LogP contribution is -2.31. The van der Waals surface area contributed by atoms with Crippen molar-refractivity contribution in [2.45, 2.75) is 26.2 Å². The Bertz CT molecular complexity index is 728. The zero-order chi connectivity index (χ0) is 17.6. The second-order valence-corrected chi connectivity index (χ2v) is 5.78. The van der Waals surface area contributed by atoms with Gasteiger partial charge >= 0.3 is 0 Å². The molecule has 1 aliphatic rings. The van der Waals surface area contributed by atoms with Crippen LogP contribution < -0.4 is 20.7 Å². The van der Waals surface area contributed by atoms with Crippen LogP contribution in [-0.2, 0) is 0 Å². The highest BCUT2D eigenvalue weighted by atomic mass is 16.5. The van der Waals surface area contributed by atoms with E-state index in [-0.39, 0.29) is 5.69 Å². The van der Waals surface area contributed by atoms with E-state index in [4.69, 9.17) is 10.5 Å². The Morgan fingerprint density at radius 1 is 1.24 bits per heavy atom. The molecule has 2 aromatic heterocycles. The molecule has 0 radical (unpaired) electrons. The number of pyridine rings is 1. The maximum atomic E-state index is 11.7. The molecule has 2 aromatic rings. The van der Waals surface area contributed by atoms with Crippen molar-refractivity contribution in [2.75, 3.05) is 29.9 Å². The van der Waals surface area contributed by atoms with Crippen LogP contribution in [0.25, 0.3) is 0 Å². The minimum Gasteiger partial charge on any atom is -0.478 e. The lowest BCUT2D eigenvalue weighted by Gasteiger charge is -2.27. The fourth-order valence-electron chi connectivity index (χ4n) is 2.75. The van der Waals surface area contributed by atoms with Crippen molar-refractivity contribution in [2.24, 2.45) is 5.73 Å². The summed E-state index contributed by atoms with van der Waals surface area (Å²) in [5.41, 5.74) is 6.21. The van der Waals surface area contributed by atoms with Crippen LogP contribution in [0.2, 0.25) is 0 Å². The third-order valence-electron chi connectivity index (χ3n) is 3.96. The molecule has 1 aliphatic heterocycles. The Morgan fingerprint density at radius 3 is 2.68 bits per heavy atom. The summed E-state index contributed by atoms with van der Waals surface area (Å²) in [6.07, 6.45) is 6.71. The number of aromatic nitrogens is 3. The molecule has 25 heavy (non-hydrogen) atoms. The summed E-state index contributed by atoms with van der Waals surface area (Å²) in [6, 6.07) is 3.55. The first-order chi connectivity index (χ1) is 12.2. The molecule has 1 saturated heterocycles. The van der Waals surface area contributed by atoms with E-state index in [1.54, 1.807) is 24.5 Å². The van der Waals surface area contributed by atoms with Gasteiger partial charge in [0.05, 0.1) is 24.7 Å². The number of carbonyl (C=O) groups excluding carboxylic acids is 1. The molecule has 3 rings (SSSR count). The van der Waals surface area contributed by atoms with Gasteiger partial charge in [-0.3, -0.25) is 4.79 Å². The van der Waals surface area contributed by atoms with Crippen molar-refractivity contribution in [3.63, 3.8) is 0 Å². The van der Waals surface area contributed by atoms with E-state index in [2.05, 4.69) is 25.2 Å². The monoisotopic (exact) mass is 342 g/mol. The number of hydrogen-bond acceptors (Lipinski definition) is 7. The van der Waals surface area contributed by atoms with Crippen LogP contribution in [0.3, 0.4) is 0 Å². The van der Waals surface area contributed by atoms with Gasteiger partial charge in [0.15, 0.2) is 11.5 Å². The number of ether oxygens (including phenoxy) is 1. The highest BCUT2D eigenvalue weighted by Crippen LogP contribution is 2.23. The molecule has 3 heterocycles. The average Bonchev–Trinajstić information content (AvgIpc) is 2.64. The van der Waals surface area contributed by atoms with E-state index in [1.165, 1.54) is 6.42 Å². The molecule has 0 aliphatic carbocycles. The minimum absolute atomic E-state index is 0.106. The first-order valence-electron chi connectivity index (χ1n) is 8.45.